The third-order valence-corrected chi connectivity index (χ3v) is 4.94. The molecule has 0 saturated carbocycles. The maximum Gasteiger partial charge on any atom is 0.269 e. The number of hydrogen-bond donors (Lipinski definition) is 2. The van der Waals surface area contributed by atoms with Gasteiger partial charge in [0, 0.05) is 24.2 Å². The predicted octanol–water partition coefficient (Wildman–Crippen LogP) is 1.73. The predicted molar refractivity (Wildman–Crippen MR) is 92.4 cm³/mol. The van der Waals surface area contributed by atoms with Gasteiger partial charge in [0.25, 0.3) is 5.56 Å². The second kappa shape index (κ2) is 6.28. The average Bonchev–Trinajstić information content (AvgIpc) is 3.03. The summed E-state index contributed by atoms with van der Waals surface area (Å²) in [5.41, 5.74) is 3.97. The fourth-order valence-electron chi connectivity index (χ4n) is 3.53. The average molecular weight is 326 g/mol. The Morgan fingerprint density at radius 1 is 1.25 bits per heavy atom. The number of fused-ring (bicyclic) bond motifs is 1. The van der Waals surface area contributed by atoms with Gasteiger partial charge in [-0.3, -0.25) is 4.79 Å². The first-order chi connectivity index (χ1) is 11.7. The van der Waals surface area contributed by atoms with Crippen molar-refractivity contribution in [3.05, 3.63) is 51.4 Å². The van der Waals surface area contributed by atoms with E-state index in [-0.39, 0.29) is 11.7 Å². The molecular formula is C18H22N4O2. The zero-order valence-corrected chi connectivity index (χ0v) is 13.8. The van der Waals surface area contributed by atoms with E-state index in [1.54, 1.807) is 6.20 Å². The number of nitrogens with one attached hydrogen (secondary N) is 2. The van der Waals surface area contributed by atoms with E-state index in [2.05, 4.69) is 38.6 Å². The summed E-state index contributed by atoms with van der Waals surface area (Å²) in [6, 6.07) is 6.26. The Balaban J connectivity index is 1.59. The molecule has 0 spiro atoms. The molecule has 1 fully saturated rings. The van der Waals surface area contributed by atoms with Gasteiger partial charge in [-0.2, -0.15) is 5.10 Å². The van der Waals surface area contributed by atoms with Crippen molar-refractivity contribution < 1.29 is 4.74 Å². The third kappa shape index (κ3) is 2.78. The minimum Gasteiger partial charge on any atom is -0.490 e. The highest BCUT2D eigenvalue weighted by Crippen LogP contribution is 2.35. The topological polar surface area (TPSA) is 70.2 Å². The lowest BCUT2D eigenvalue weighted by atomic mass is 10.1. The molecule has 0 unspecified atom stereocenters. The van der Waals surface area contributed by atoms with Gasteiger partial charge in [0.05, 0.1) is 11.9 Å². The molecule has 1 saturated heterocycles. The lowest BCUT2D eigenvalue weighted by molar-refractivity contribution is 0.161. The standard InChI is InChI=1S/C18H22N4O2/c1-12-16(9-20-21-18(12)23)22-10-13-3-2-4-17(15(13)11-22)24-14-5-7-19-8-6-14/h2-4,9,14,19H,5-8,10-11H2,1H3,(H,21,23). The monoisotopic (exact) mass is 326 g/mol. The SMILES string of the molecule is Cc1c(N2Cc3cccc(OC4CCNCC4)c3C2)cn[nH]c1=O. The largest absolute Gasteiger partial charge is 0.490 e. The van der Waals surface area contributed by atoms with Crippen molar-refractivity contribution in [1.29, 1.82) is 0 Å². The maximum atomic E-state index is 11.8. The molecule has 2 aliphatic rings. The minimum absolute atomic E-state index is 0.130. The van der Waals surface area contributed by atoms with E-state index in [0.29, 0.717) is 5.56 Å². The molecule has 0 radical (unpaired) electrons. The van der Waals surface area contributed by atoms with Crippen LogP contribution in [0.15, 0.2) is 29.2 Å². The van der Waals surface area contributed by atoms with Crippen LogP contribution < -0.4 is 20.5 Å². The highest BCUT2D eigenvalue weighted by atomic mass is 16.5. The minimum atomic E-state index is -0.130. The number of piperidine rings is 1. The van der Waals surface area contributed by atoms with Gasteiger partial charge in [0.15, 0.2) is 0 Å². The molecule has 126 valence electrons. The fourth-order valence-corrected chi connectivity index (χ4v) is 3.53. The molecule has 0 atom stereocenters. The first-order valence-electron chi connectivity index (χ1n) is 8.50. The number of anilines is 1. The summed E-state index contributed by atoms with van der Waals surface area (Å²) >= 11 is 0. The van der Waals surface area contributed by atoms with Crippen LogP contribution in [0.4, 0.5) is 5.69 Å². The first-order valence-corrected chi connectivity index (χ1v) is 8.50. The molecule has 1 aromatic carbocycles. The van der Waals surface area contributed by atoms with Crippen LogP contribution in [0.25, 0.3) is 0 Å². The second-order valence-electron chi connectivity index (χ2n) is 6.53. The molecule has 0 bridgehead atoms. The van der Waals surface area contributed by atoms with E-state index in [9.17, 15) is 4.79 Å². The molecule has 3 heterocycles. The summed E-state index contributed by atoms with van der Waals surface area (Å²) in [5.74, 6) is 0.984. The number of nitrogens with zero attached hydrogens (tertiary/aromatic N) is 2. The quantitative estimate of drug-likeness (QED) is 0.899. The van der Waals surface area contributed by atoms with Crippen molar-refractivity contribution >= 4 is 5.69 Å². The van der Waals surface area contributed by atoms with Gasteiger partial charge in [-0.25, -0.2) is 5.10 Å². The second-order valence-corrected chi connectivity index (χ2v) is 6.53. The van der Waals surface area contributed by atoms with Crippen LogP contribution in [-0.4, -0.2) is 29.4 Å². The van der Waals surface area contributed by atoms with Crippen molar-refractivity contribution in [2.24, 2.45) is 0 Å². The van der Waals surface area contributed by atoms with Crippen LogP contribution in [-0.2, 0) is 13.1 Å². The summed E-state index contributed by atoms with van der Waals surface area (Å²) in [6.07, 6.45) is 4.11. The number of ether oxygens (including phenoxy) is 1. The molecule has 2 aliphatic heterocycles. The zero-order valence-electron chi connectivity index (χ0n) is 13.8. The molecule has 6 heteroatoms. The lowest BCUT2D eigenvalue weighted by Crippen LogP contribution is -2.34. The van der Waals surface area contributed by atoms with Crippen LogP contribution in [0.5, 0.6) is 5.75 Å². The van der Waals surface area contributed by atoms with E-state index < -0.39 is 0 Å². The number of aromatic amines is 1. The zero-order chi connectivity index (χ0) is 16.5. The number of H-pyrrole nitrogens is 1. The molecule has 4 rings (SSSR count). The molecule has 24 heavy (non-hydrogen) atoms. The van der Waals surface area contributed by atoms with E-state index >= 15 is 0 Å². The number of hydrogen-bond acceptors (Lipinski definition) is 5. The van der Waals surface area contributed by atoms with Crippen molar-refractivity contribution in [3.63, 3.8) is 0 Å². The summed E-state index contributed by atoms with van der Waals surface area (Å²) in [7, 11) is 0. The summed E-state index contributed by atoms with van der Waals surface area (Å²) < 4.78 is 6.29. The lowest BCUT2D eigenvalue weighted by Gasteiger charge is -2.25. The number of aromatic nitrogens is 2. The van der Waals surface area contributed by atoms with Gasteiger partial charge in [0.2, 0.25) is 0 Å². The Hall–Kier alpha value is -2.34. The van der Waals surface area contributed by atoms with Crippen molar-refractivity contribution in [1.82, 2.24) is 15.5 Å². The van der Waals surface area contributed by atoms with Crippen molar-refractivity contribution in [2.45, 2.75) is 39.0 Å². The normalized spacial score (nSPS) is 17.8. The first kappa shape index (κ1) is 15.2. The number of benzene rings is 1. The molecule has 2 N–H and O–H groups in total. The van der Waals surface area contributed by atoms with E-state index in [0.717, 1.165) is 50.5 Å². The molecular weight excluding hydrogens is 304 g/mol. The van der Waals surface area contributed by atoms with E-state index in [1.807, 2.05) is 6.92 Å². The Morgan fingerprint density at radius 3 is 2.92 bits per heavy atom. The van der Waals surface area contributed by atoms with Gasteiger partial charge < -0.3 is 15.0 Å². The molecule has 2 aromatic rings. The van der Waals surface area contributed by atoms with Gasteiger partial charge in [-0.05, 0) is 44.5 Å². The van der Waals surface area contributed by atoms with Crippen LogP contribution in [0.2, 0.25) is 0 Å². The Bertz CT molecular complexity index is 796. The highest BCUT2D eigenvalue weighted by Gasteiger charge is 2.26. The smallest absolute Gasteiger partial charge is 0.269 e. The highest BCUT2D eigenvalue weighted by molar-refractivity contribution is 5.57. The summed E-state index contributed by atoms with van der Waals surface area (Å²) in [4.78, 5) is 14.0. The Morgan fingerprint density at radius 2 is 2.08 bits per heavy atom. The fraction of sp³-hybridized carbons (Fsp3) is 0.444. The van der Waals surface area contributed by atoms with Crippen molar-refractivity contribution in [3.8, 4) is 5.75 Å². The van der Waals surface area contributed by atoms with E-state index in [4.69, 9.17) is 4.74 Å². The summed E-state index contributed by atoms with van der Waals surface area (Å²) in [5, 5.41) is 9.80. The maximum absolute atomic E-state index is 11.8. The van der Waals surface area contributed by atoms with Gasteiger partial charge in [-0.1, -0.05) is 12.1 Å². The molecule has 1 aromatic heterocycles. The molecule has 0 aliphatic carbocycles. The van der Waals surface area contributed by atoms with Crippen LogP contribution in [0.3, 0.4) is 0 Å². The van der Waals surface area contributed by atoms with Crippen molar-refractivity contribution in [2.75, 3.05) is 18.0 Å². The van der Waals surface area contributed by atoms with Crippen LogP contribution >= 0.6 is 0 Å². The van der Waals surface area contributed by atoms with Gasteiger partial charge >= 0.3 is 0 Å². The van der Waals surface area contributed by atoms with Crippen LogP contribution in [0.1, 0.15) is 29.5 Å². The van der Waals surface area contributed by atoms with E-state index in [1.165, 1.54) is 11.1 Å². The summed E-state index contributed by atoms with van der Waals surface area (Å²) in [6.45, 7) is 5.41. The Kier molecular flexibility index (Phi) is 3.98. The third-order valence-electron chi connectivity index (χ3n) is 4.94. The molecule has 0 amide bonds. The Labute approximate surface area is 140 Å². The number of rotatable bonds is 3. The van der Waals surface area contributed by atoms with Gasteiger partial charge in [-0.15, -0.1) is 0 Å². The van der Waals surface area contributed by atoms with Gasteiger partial charge in [0.1, 0.15) is 11.9 Å². The van der Waals surface area contributed by atoms with Crippen LogP contribution in [0, 0.1) is 6.92 Å². The molecule has 6 nitrogen and oxygen atoms in total.